The van der Waals surface area contributed by atoms with Crippen molar-refractivity contribution in [2.75, 3.05) is 0 Å². The third kappa shape index (κ3) is 9.26. The van der Waals surface area contributed by atoms with Gasteiger partial charge in [-0.3, -0.25) is 0 Å². The number of halogens is 2. The van der Waals surface area contributed by atoms with Gasteiger partial charge in [0.1, 0.15) is 8.80 Å². The molecule has 0 atom stereocenters. The molecule has 5 rings (SSSR count). The van der Waals surface area contributed by atoms with Crippen LogP contribution in [0.5, 0.6) is 0 Å². The standard InChI is InChI=1S/C33H35Si.C4H10N.2ClH.Zr/c1-32(2,3)23-17-19-27-28-20-18-24(33(4,5)6)22-30(28)31(29(27)21-23)34(25-13-9-7-10-14-25)26-15-11-8-12-16-26;1-4(2,3)5;;;/h7-22,31H,1-6H3;5H,1-3H3;2*1H;/q;-1;;;. The molecule has 1 aliphatic carbocycles. The Labute approximate surface area is 288 Å². The summed E-state index contributed by atoms with van der Waals surface area (Å²) in [5, 5.41) is 2.95. The molecule has 0 heterocycles. The van der Waals surface area contributed by atoms with Crippen molar-refractivity contribution < 1.29 is 26.2 Å². The number of benzene rings is 4. The van der Waals surface area contributed by atoms with E-state index in [2.05, 4.69) is 139 Å². The van der Waals surface area contributed by atoms with Crippen LogP contribution in [0.25, 0.3) is 16.9 Å². The van der Waals surface area contributed by atoms with Gasteiger partial charge >= 0.3 is 0 Å². The molecule has 0 aliphatic heterocycles. The molecule has 1 N–H and O–H groups in total. The van der Waals surface area contributed by atoms with Gasteiger partial charge in [0.05, 0.1) is 0 Å². The largest absolute Gasteiger partial charge is 0.673 e. The molecule has 42 heavy (non-hydrogen) atoms. The Kier molecular flexibility index (Phi) is 13.8. The Morgan fingerprint density at radius 3 is 1.12 bits per heavy atom. The van der Waals surface area contributed by atoms with Crippen molar-refractivity contribution in [1.82, 2.24) is 0 Å². The smallest absolute Gasteiger partial charge is 0.133 e. The normalized spacial score (nSPS) is 12.5. The van der Waals surface area contributed by atoms with E-state index in [4.69, 9.17) is 5.73 Å². The van der Waals surface area contributed by atoms with Gasteiger partial charge in [-0.1, -0.05) is 170 Å². The Morgan fingerprint density at radius 2 is 0.833 bits per heavy atom. The Morgan fingerprint density at radius 1 is 0.524 bits per heavy atom. The summed E-state index contributed by atoms with van der Waals surface area (Å²) in [6.07, 6.45) is 0. The fraction of sp³-hybridized carbons (Fsp3) is 0.351. The maximum atomic E-state index is 6.94. The molecule has 0 bridgehead atoms. The van der Waals surface area contributed by atoms with Crippen LogP contribution >= 0.6 is 24.8 Å². The van der Waals surface area contributed by atoms with E-state index < -0.39 is 8.80 Å². The van der Waals surface area contributed by atoms with Crippen molar-refractivity contribution in [2.24, 2.45) is 0 Å². The molecular formula is C37H47Cl2NSiZr-. The van der Waals surface area contributed by atoms with Crippen LogP contribution in [0.1, 0.15) is 90.1 Å². The zero-order valence-corrected chi connectivity index (χ0v) is 31.7. The van der Waals surface area contributed by atoms with E-state index in [1.54, 1.807) is 0 Å². The minimum Gasteiger partial charge on any atom is -0.673 e. The summed E-state index contributed by atoms with van der Waals surface area (Å²) in [5.41, 5.74) is 16.0. The maximum Gasteiger partial charge on any atom is 0.133 e. The van der Waals surface area contributed by atoms with Crippen LogP contribution in [-0.2, 0) is 37.0 Å². The molecule has 0 amide bonds. The fourth-order valence-corrected chi connectivity index (χ4v) is 8.44. The first-order valence-corrected chi connectivity index (χ1v) is 15.7. The SMILES string of the molecule is CC(C)(C)[NH-].CC(C)(C)c1ccc2c(c1)C([Si](c1ccccc1)c1ccccc1)c1cc(C(C)(C)C)ccc1-2.Cl.Cl.[Zr]. The summed E-state index contributed by atoms with van der Waals surface area (Å²) in [5.74, 6) is 0. The van der Waals surface area contributed by atoms with Gasteiger partial charge in [-0.05, 0) is 44.2 Å². The van der Waals surface area contributed by atoms with Crippen molar-refractivity contribution in [3.05, 3.63) is 125 Å². The summed E-state index contributed by atoms with van der Waals surface area (Å²) >= 11 is 0. The summed E-state index contributed by atoms with van der Waals surface area (Å²) < 4.78 is 0. The summed E-state index contributed by atoms with van der Waals surface area (Å²) in [6, 6.07) is 37.0. The molecule has 4 aromatic rings. The topological polar surface area (TPSA) is 23.8 Å². The van der Waals surface area contributed by atoms with E-state index in [1.807, 2.05) is 20.8 Å². The molecule has 0 aromatic heterocycles. The molecule has 1 nitrogen and oxygen atoms in total. The summed E-state index contributed by atoms with van der Waals surface area (Å²) in [7, 11) is -1.12. The molecule has 5 heteroatoms. The molecular weight excluding hydrogens is 649 g/mol. The average molecular weight is 696 g/mol. The Balaban J connectivity index is 0.00000102. The van der Waals surface area contributed by atoms with Gasteiger partial charge in [-0.2, -0.15) is 0 Å². The molecule has 0 spiro atoms. The second-order valence-electron chi connectivity index (χ2n) is 13.9. The second-order valence-corrected chi connectivity index (χ2v) is 16.5. The van der Waals surface area contributed by atoms with Gasteiger partial charge in [0.2, 0.25) is 0 Å². The molecule has 0 unspecified atom stereocenters. The van der Waals surface area contributed by atoms with Crippen LogP contribution in [0.15, 0.2) is 97.1 Å². The minimum absolute atomic E-state index is 0. The van der Waals surface area contributed by atoms with Crippen LogP contribution < -0.4 is 10.4 Å². The molecule has 4 aromatic carbocycles. The van der Waals surface area contributed by atoms with Gasteiger partial charge in [0.15, 0.2) is 0 Å². The first-order valence-electron chi connectivity index (χ1n) is 14.2. The van der Waals surface area contributed by atoms with E-state index in [9.17, 15) is 0 Å². The Bertz CT molecular complexity index is 1310. The van der Waals surface area contributed by atoms with Crippen LogP contribution in [0.3, 0.4) is 0 Å². The van der Waals surface area contributed by atoms with Crippen molar-refractivity contribution in [1.29, 1.82) is 0 Å². The zero-order chi connectivity index (χ0) is 28.6. The summed E-state index contributed by atoms with van der Waals surface area (Å²) in [6.45, 7) is 19.5. The fourth-order valence-electron chi connectivity index (χ4n) is 5.24. The minimum atomic E-state index is -1.12. The molecule has 1 aliphatic rings. The first kappa shape index (κ1) is 38.5. The number of hydrogen-bond acceptors (Lipinski definition) is 0. The van der Waals surface area contributed by atoms with Crippen molar-refractivity contribution >= 4 is 44.0 Å². The second kappa shape index (κ2) is 15.0. The van der Waals surface area contributed by atoms with Crippen molar-refractivity contribution in [3.63, 3.8) is 0 Å². The van der Waals surface area contributed by atoms with Crippen LogP contribution in [0.2, 0.25) is 0 Å². The predicted molar refractivity (Wildman–Crippen MR) is 188 cm³/mol. The molecule has 0 fully saturated rings. The predicted octanol–water partition coefficient (Wildman–Crippen LogP) is 9.92. The van der Waals surface area contributed by atoms with E-state index in [0.717, 1.165) is 0 Å². The van der Waals surface area contributed by atoms with E-state index in [0.29, 0.717) is 5.54 Å². The van der Waals surface area contributed by atoms with Crippen LogP contribution in [0, 0.1) is 0 Å². The molecule has 0 saturated heterocycles. The number of hydrogen-bond donors (Lipinski definition) is 0. The Hall–Kier alpha value is -1.48. The average Bonchev–Trinajstić information content (AvgIpc) is 3.17. The molecule has 223 valence electrons. The third-order valence-electron chi connectivity index (χ3n) is 7.21. The number of rotatable bonds is 3. The van der Waals surface area contributed by atoms with Gasteiger partial charge < -0.3 is 5.73 Å². The maximum absolute atomic E-state index is 6.94. The van der Waals surface area contributed by atoms with E-state index in [-0.39, 0.29) is 67.4 Å². The van der Waals surface area contributed by atoms with Crippen molar-refractivity contribution in [3.8, 4) is 11.1 Å². The number of fused-ring (bicyclic) bond motifs is 3. The molecule has 0 saturated carbocycles. The quantitative estimate of drug-likeness (QED) is 0.191. The van der Waals surface area contributed by atoms with E-state index >= 15 is 0 Å². The zero-order valence-electron chi connectivity index (χ0n) is 26.6. The first-order chi connectivity index (χ1) is 18.1. The van der Waals surface area contributed by atoms with E-state index in [1.165, 1.54) is 43.8 Å². The molecule has 1 radical (unpaired) electrons. The third-order valence-corrected chi connectivity index (χ3v) is 10.3. The van der Waals surface area contributed by atoms with Gasteiger partial charge in [0.25, 0.3) is 0 Å². The van der Waals surface area contributed by atoms with Gasteiger partial charge in [-0.25, -0.2) is 0 Å². The monoisotopic (exact) mass is 693 g/mol. The van der Waals surface area contributed by atoms with Crippen LogP contribution in [0.4, 0.5) is 0 Å². The summed E-state index contributed by atoms with van der Waals surface area (Å²) in [4.78, 5) is 0. The number of nitrogens with one attached hydrogen (secondary N) is 1. The van der Waals surface area contributed by atoms with Crippen molar-refractivity contribution in [2.45, 2.75) is 84.2 Å². The van der Waals surface area contributed by atoms with Crippen LogP contribution in [-0.4, -0.2) is 14.3 Å². The van der Waals surface area contributed by atoms with Gasteiger partial charge in [0, 0.05) is 31.7 Å². The van der Waals surface area contributed by atoms with Gasteiger partial charge in [-0.15, -0.1) is 30.4 Å².